The lowest BCUT2D eigenvalue weighted by Crippen LogP contribution is -2.48. The third-order valence-electron chi connectivity index (χ3n) is 2.27. The Morgan fingerprint density at radius 1 is 1.54 bits per heavy atom. The molecule has 1 aliphatic rings. The topological polar surface area (TPSA) is 57.6 Å². The van der Waals surface area contributed by atoms with Gasteiger partial charge in [0.15, 0.2) is 5.78 Å². The van der Waals surface area contributed by atoms with Crippen molar-refractivity contribution in [2.24, 2.45) is 0 Å². The van der Waals surface area contributed by atoms with E-state index in [4.69, 9.17) is 0 Å². The van der Waals surface area contributed by atoms with Crippen LogP contribution in [-0.4, -0.2) is 38.4 Å². The number of ketones is 1. The molecule has 0 aromatic carbocycles. The maximum Gasteiger partial charge on any atom is 0.283 e. The normalized spacial score (nSPS) is 28.7. The number of aliphatic hydroxyl groups is 1. The minimum absolute atomic E-state index is 0.0521. The average Bonchev–Trinajstić information content (AvgIpc) is 2.03. The molecule has 0 aromatic rings. The quantitative estimate of drug-likeness (QED) is 0.445. The minimum Gasteiger partial charge on any atom is -0.393 e. The van der Waals surface area contributed by atoms with Crippen LogP contribution >= 0.6 is 22.6 Å². The van der Waals surface area contributed by atoms with Gasteiger partial charge in [0.2, 0.25) is 0 Å². The highest BCUT2D eigenvalue weighted by molar-refractivity contribution is 14.1. The number of piperidine rings is 1. The van der Waals surface area contributed by atoms with E-state index in [1.807, 2.05) is 0 Å². The number of carbonyl (C=O) groups is 2. The third kappa shape index (κ3) is 2.63. The van der Waals surface area contributed by atoms with Crippen LogP contribution in [0.15, 0.2) is 0 Å². The lowest BCUT2D eigenvalue weighted by molar-refractivity contribution is -0.123. The Labute approximate surface area is 90.4 Å². The number of Topliss-reactive ketones (excluding diaryl/α,β-unsaturated/α-hetero) is 1. The molecule has 1 N–H and O–H groups in total. The molecule has 13 heavy (non-hydrogen) atoms. The zero-order valence-corrected chi connectivity index (χ0v) is 9.52. The van der Waals surface area contributed by atoms with Crippen molar-refractivity contribution < 1.29 is 14.7 Å². The van der Waals surface area contributed by atoms with Gasteiger partial charge >= 0.3 is 0 Å². The summed E-state index contributed by atoms with van der Waals surface area (Å²) in [5.41, 5.74) is 0. The van der Waals surface area contributed by atoms with Gasteiger partial charge in [0, 0.05) is 35.6 Å². The lowest BCUT2D eigenvalue weighted by Gasteiger charge is -2.35. The molecule has 1 saturated heterocycles. The Bertz CT molecular complexity index is 231. The number of nitrogens with zero attached hydrogens (tertiary/aromatic N) is 1. The van der Waals surface area contributed by atoms with Gasteiger partial charge in [0.05, 0.1) is 12.1 Å². The molecule has 0 aliphatic carbocycles. The Kier molecular flexibility index (Phi) is 3.66. The highest BCUT2D eigenvalue weighted by Crippen LogP contribution is 2.20. The number of hydrogen-bond donors (Lipinski definition) is 1. The Hall–Kier alpha value is -0.170. The monoisotopic (exact) mass is 297 g/mol. The van der Waals surface area contributed by atoms with Gasteiger partial charge in [-0.05, 0) is 13.3 Å². The van der Waals surface area contributed by atoms with E-state index in [-0.39, 0.29) is 9.70 Å². The second-order valence-corrected chi connectivity index (χ2v) is 4.17. The summed E-state index contributed by atoms with van der Waals surface area (Å²) in [6.45, 7) is 1.93. The number of aliphatic hydroxyl groups excluding tert-OH is 1. The van der Waals surface area contributed by atoms with E-state index < -0.39 is 12.1 Å². The fourth-order valence-corrected chi connectivity index (χ4v) is 2.12. The van der Waals surface area contributed by atoms with Gasteiger partial charge in [-0.15, -0.1) is 0 Å². The van der Waals surface area contributed by atoms with Crippen LogP contribution in [0.5, 0.6) is 0 Å². The minimum atomic E-state index is -0.444. The molecule has 1 aliphatic heterocycles. The maximum absolute atomic E-state index is 11.2. The van der Waals surface area contributed by atoms with Gasteiger partial charge in [-0.2, -0.15) is 0 Å². The van der Waals surface area contributed by atoms with Gasteiger partial charge in [-0.1, -0.05) is 0 Å². The van der Waals surface area contributed by atoms with Crippen LogP contribution in [0.3, 0.4) is 0 Å². The van der Waals surface area contributed by atoms with Crippen LogP contribution in [-0.2, 0) is 4.79 Å². The summed E-state index contributed by atoms with van der Waals surface area (Å²) < 4.78 is -0.121. The predicted octanol–water partition coefficient (Wildman–Crippen LogP) is 0.956. The van der Waals surface area contributed by atoms with Gasteiger partial charge in [0.25, 0.3) is 3.91 Å². The largest absolute Gasteiger partial charge is 0.393 e. The van der Waals surface area contributed by atoms with Crippen LogP contribution in [0.2, 0.25) is 0 Å². The van der Waals surface area contributed by atoms with E-state index in [0.717, 1.165) is 0 Å². The first kappa shape index (κ1) is 10.9. The number of amides is 1. The van der Waals surface area contributed by atoms with Crippen LogP contribution in [0.1, 0.15) is 19.8 Å². The summed E-state index contributed by atoms with van der Waals surface area (Å²) in [4.78, 5) is 23.8. The first-order chi connectivity index (χ1) is 6.02. The molecule has 1 heterocycles. The molecular weight excluding hydrogens is 285 g/mol. The van der Waals surface area contributed by atoms with Gasteiger partial charge < -0.3 is 10.0 Å². The highest BCUT2D eigenvalue weighted by atomic mass is 127. The van der Waals surface area contributed by atoms with E-state index in [1.165, 1.54) is 11.8 Å². The molecule has 0 radical (unpaired) electrons. The first-order valence-electron chi connectivity index (χ1n) is 4.17. The Morgan fingerprint density at radius 2 is 2.15 bits per heavy atom. The fraction of sp³-hybridized carbons (Fsp3) is 0.750. The van der Waals surface area contributed by atoms with E-state index in [1.54, 1.807) is 22.6 Å². The van der Waals surface area contributed by atoms with Crippen LogP contribution in [0.4, 0.5) is 4.79 Å². The summed E-state index contributed by atoms with van der Waals surface area (Å²) in [5.74, 6) is -0.0521. The summed E-state index contributed by atoms with van der Waals surface area (Å²) in [6.07, 6.45) is 0.503. The molecule has 1 amide bonds. The molecule has 0 aromatic heterocycles. The molecule has 4 nitrogen and oxygen atoms in total. The van der Waals surface area contributed by atoms with Crippen molar-refractivity contribution in [1.82, 2.24) is 4.90 Å². The van der Waals surface area contributed by atoms with E-state index in [9.17, 15) is 14.7 Å². The SMILES string of the molecule is CC(=O)[C@@H]1C[C@H](O)CCN1C(=O)I. The molecule has 1 fully saturated rings. The van der Waals surface area contributed by atoms with Crippen molar-refractivity contribution in [3.63, 3.8) is 0 Å². The van der Waals surface area contributed by atoms with E-state index in [0.29, 0.717) is 19.4 Å². The van der Waals surface area contributed by atoms with Gasteiger partial charge in [0.1, 0.15) is 0 Å². The van der Waals surface area contributed by atoms with Crippen molar-refractivity contribution in [3.05, 3.63) is 0 Å². The van der Waals surface area contributed by atoms with Crippen LogP contribution in [0, 0.1) is 0 Å². The predicted molar refractivity (Wildman–Crippen MR) is 55.8 cm³/mol. The first-order valence-corrected chi connectivity index (χ1v) is 5.25. The molecule has 0 bridgehead atoms. The molecule has 74 valence electrons. The number of carbonyl (C=O) groups excluding carboxylic acids is 2. The second-order valence-electron chi connectivity index (χ2n) is 3.25. The van der Waals surface area contributed by atoms with E-state index in [2.05, 4.69) is 0 Å². The number of hydrogen-bond acceptors (Lipinski definition) is 3. The zero-order valence-electron chi connectivity index (χ0n) is 7.36. The molecule has 0 spiro atoms. The summed E-state index contributed by atoms with van der Waals surface area (Å²) >= 11 is 1.67. The van der Waals surface area contributed by atoms with Crippen molar-refractivity contribution >= 4 is 32.3 Å². The highest BCUT2D eigenvalue weighted by Gasteiger charge is 2.32. The number of rotatable bonds is 1. The number of likely N-dealkylation sites (tertiary alicyclic amines) is 1. The molecule has 1 rings (SSSR count). The average molecular weight is 297 g/mol. The fourth-order valence-electron chi connectivity index (χ4n) is 1.54. The standard InChI is InChI=1S/C8H12INO3/c1-5(11)7-4-6(12)2-3-10(7)8(9)13/h6-7,12H,2-4H2,1H3/t6-,7+/m1/s1. The lowest BCUT2D eigenvalue weighted by atomic mass is 9.97. The maximum atomic E-state index is 11.2. The van der Waals surface area contributed by atoms with Crippen LogP contribution < -0.4 is 0 Å². The zero-order chi connectivity index (χ0) is 10.0. The molecular formula is C8H12INO3. The summed E-state index contributed by atoms with van der Waals surface area (Å²) in [7, 11) is 0. The summed E-state index contributed by atoms with van der Waals surface area (Å²) in [6, 6.07) is -0.423. The molecule has 2 atom stereocenters. The van der Waals surface area contributed by atoms with Crippen molar-refractivity contribution in [3.8, 4) is 0 Å². The Balaban J connectivity index is 2.72. The third-order valence-corrected chi connectivity index (χ3v) is 2.89. The van der Waals surface area contributed by atoms with Crippen LogP contribution in [0.25, 0.3) is 0 Å². The number of halogens is 1. The smallest absolute Gasteiger partial charge is 0.283 e. The van der Waals surface area contributed by atoms with Crippen molar-refractivity contribution in [1.29, 1.82) is 0 Å². The van der Waals surface area contributed by atoms with Crippen molar-refractivity contribution in [2.75, 3.05) is 6.54 Å². The second kappa shape index (κ2) is 4.36. The van der Waals surface area contributed by atoms with Gasteiger partial charge in [-0.3, -0.25) is 9.59 Å². The Morgan fingerprint density at radius 3 is 2.62 bits per heavy atom. The molecule has 0 saturated carbocycles. The molecule has 0 unspecified atom stereocenters. The van der Waals surface area contributed by atoms with E-state index >= 15 is 0 Å². The van der Waals surface area contributed by atoms with Crippen molar-refractivity contribution in [2.45, 2.75) is 31.9 Å². The molecule has 5 heteroatoms. The summed E-state index contributed by atoms with van der Waals surface area (Å²) in [5, 5.41) is 9.34. The van der Waals surface area contributed by atoms with Gasteiger partial charge in [-0.25, -0.2) is 0 Å².